The molecule has 0 radical (unpaired) electrons. The zero-order valence-corrected chi connectivity index (χ0v) is 12.6. The third kappa shape index (κ3) is 3.61. The van der Waals surface area contributed by atoms with Crippen molar-refractivity contribution in [2.24, 2.45) is 0 Å². The standard InChI is InChI=1S/C15H15BrF2N2/c1-2-5-20-15(10-6-11(16)9-19-8-10)13-4-3-12(17)7-14(13)18/h3-4,6-9,15,20H,2,5H2,1H3. The quantitative estimate of drug-likeness (QED) is 0.881. The van der Waals surface area contributed by atoms with Gasteiger partial charge in [-0.15, -0.1) is 0 Å². The molecule has 0 aliphatic heterocycles. The molecule has 1 atom stereocenters. The van der Waals surface area contributed by atoms with Gasteiger partial charge >= 0.3 is 0 Å². The van der Waals surface area contributed by atoms with Crippen LogP contribution >= 0.6 is 15.9 Å². The van der Waals surface area contributed by atoms with Crippen LogP contribution in [0.3, 0.4) is 0 Å². The van der Waals surface area contributed by atoms with Gasteiger partial charge in [0.25, 0.3) is 0 Å². The summed E-state index contributed by atoms with van der Waals surface area (Å²) in [5, 5.41) is 3.27. The number of pyridine rings is 1. The Hall–Kier alpha value is -1.33. The van der Waals surface area contributed by atoms with E-state index in [-0.39, 0.29) is 6.04 Å². The van der Waals surface area contributed by atoms with Crippen molar-refractivity contribution in [3.8, 4) is 0 Å². The highest BCUT2D eigenvalue weighted by Crippen LogP contribution is 2.26. The third-order valence-corrected chi connectivity index (χ3v) is 3.36. The fraction of sp³-hybridized carbons (Fsp3) is 0.267. The number of aromatic nitrogens is 1. The Labute approximate surface area is 125 Å². The van der Waals surface area contributed by atoms with Gasteiger partial charge in [-0.05, 0) is 46.6 Å². The molecule has 106 valence electrons. The van der Waals surface area contributed by atoms with Crippen LogP contribution in [0.1, 0.15) is 30.5 Å². The molecule has 1 aromatic heterocycles. The van der Waals surface area contributed by atoms with Crippen molar-refractivity contribution >= 4 is 15.9 Å². The van der Waals surface area contributed by atoms with Crippen molar-refractivity contribution in [1.82, 2.24) is 10.3 Å². The third-order valence-electron chi connectivity index (χ3n) is 2.93. The van der Waals surface area contributed by atoms with Crippen LogP contribution in [-0.2, 0) is 0 Å². The maximum atomic E-state index is 14.0. The lowest BCUT2D eigenvalue weighted by atomic mass is 9.99. The Kier molecular flexibility index (Phi) is 5.20. The molecule has 0 amide bonds. The highest BCUT2D eigenvalue weighted by molar-refractivity contribution is 9.10. The van der Waals surface area contributed by atoms with Crippen molar-refractivity contribution in [1.29, 1.82) is 0 Å². The van der Waals surface area contributed by atoms with Crippen molar-refractivity contribution < 1.29 is 8.78 Å². The van der Waals surface area contributed by atoms with E-state index in [1.807, 2.05) is 13.0 Å². The van der Waals surface area contributed by atoms with E-state index in [9.17, 15) is 8.78 Å². The minimum absolute atomic E-state index is 0.347. The Bertz CT molecular complexity index is 590. The summed E-state index contributed by atoms with van der Waals surface area (Å²) >= 11 is 3.36. The van der Waals surface area contributed by atoms with Gasteiger partial charge in [-0.25, -0.2) is 8.78 Å². The average Bonchev–Trinajstić information content (AvgIpc) is 2.41. The van der Waals surface area contributed by atoms with Crippen molar-refractivity contribution in [2.45, 2.75) is 19.4 Å². The smallest absolute Gasteiger partial charge is 0.131 e. The molecule has 1 unspecified atom stereocenters. The second kappa shape index (κ2) is 6.90. The SMILES string of the molecule is CCCNC(c1cncc(Br)c1)c1ccc(F)cc1F. The molecule has 0 aliphatic rings. The van der Waals surface area contributed by atoms with Crippen LogP contribution in [0.25, 0.3) is 0 Å². The van der Waals surface area contributed by atoms with Gasteiger partial charge < -0.3 is 5.32 Å². The Morgan fingerprint density at radius 2 is 2.05 bits per heavy atom. The molecule has 0 fully saturated rings. The lowest BCUT2D eigenvalue weighted by molar-refractivity contribution is 0.532. The van der Waals surface area contributed by atoms with Crippen LogP contribution in [0, 0.1) is 11.6 Å². The van der Waals surface area contributed by atoms with Crippen LogP contribution in [0.2, 0.25) is 0 Å². The number of halogens is 3. The van der Waals surface area contributed by atoms with E-state index in [1.165, 1.54) is 12.1 Å². The first kappa shape index (κ1) is 15.1. The van der Waals surface area contributed by atoms with E-state index in [2.05, 4.69) is 26.2 Å². The molecule has 1 heterocycles. The molecule has 0 saturated carbocycles. The predicted molar refractivity (Wildman–Crippen MR) is 78.4 cm³/mol. The van der Waals surface area contributed by atoms with Gasteiger partial charge in [-0.2, -0.15) is 0 Å². The van der Waals surface area contributed by atoms with Gasteiger partial charge in [0.05, 0.1) is 6.04 Å². The van der Waals surface area contributed by atoms with Crippen LogP contribution < -0.4 is 5.32 Å². The molecular formula is C15H15BrF2N2. The number of nitrogens with zero attached hydrogens (tertiary/aromatic N) is 1. The van der Waals surface area contributed by atoms with E-state index < -0.39 is 11.6 Å². The summed E-state index contributed by atoms with van der Waals surface area (Å²) < 4.78 is 27.9. The maximum absolute atomic E-state index is 14.0. The first-order valence-corrected chi connectivity index (χ1v) is 7.20. The Balaban J connectivity index is 2.41. The Morgan fingerprint density at radius 3 is 2.70 bits per heavy atom. The van der Waals surface area contributed by atoms with Crippen LogP contribution in [0.5, 0.6) is 0 Å². The van der Waals surface area contributed by atoms with E-state index in [1.54, 1.807) is 12.4 Å². The van der Waals surface area contributed by atoms with E-state index in [0.717, 1.165) is 29.1 Å². The highest BCUT2D eigenvalue weighted by atomic mass is 79.9. The number of rotatable bonds is 5. The van der Waals surface area contributed by atoms with Crippen molar-refractivity contribution in [2.75, 3.05) is 6.54 Å². The van der Waals surface area contributed by atoms with Gasteiger partial charge in [0, 0.05) is 28.5 Å². The number of nitrogens with one attached hydrogen (secondary N) is 1. The summed E-state index contributed by atoms with van der Waals surface area (Å²) in [6.07, 6.45) is 4.27. The van der Waals surface area contributed by atoms with Crippen molar-refractivity contribution in [3.63, 3.8) is 0 Å². The average molecular weight is 341 g/mol. The molecule has 2 nitrogen and oxygen atoms in total. The first-order chi connectivity index (χ1) is 9.61. The van der Waals surface area contributed by atoms with E-state index in [0.29, 0.717) is 5.56 Å². The number of hydrogen-bond donors (Lipinski definition) is 1. The fourth-order valence-electron chi connectivity index (χ4n) is 2.02. The molecule has 0 aliphatic carbocycles. The van der Waals surface area contributed by atoms with Crippen molar-refractivity contribution in [3.05, 3.63) is 63.9 Å². The van der Waals surface area contributed by atoms with Gasteiger partial charge in [0.1, 0.15) is 11.6 Å². The summed E-state index contributed by atoms with van der Waals surface area (Å²) in [6.45, 7) is 2.76. The molecule has 0 spiro atoms. The van der Waals surface area contributed by atoms with Gasteiger partial charge in [0.2, 0.25) is 0 Å². The molecule has 1 aromatic carbocycles. The molecular weight excluding hydrogens is 326 g/mol. The van der Waals surface area contributed by atoms with Crippen LogP contribution in [0.4, 0.5) is 8.78 Å². The van der Waals surface area contributed by atoms with Gasteiger partial charge in [0.15, 0.2) is 0 Å². The Morgan fingerprint density at radius 1 is 1.25 bits per heavy atom. The molecule has 2 aromatic rings. The minimum atomic E-state index is -0.576. The van der Waals surface area contributed by atoms with Gasteiger partial charge in [-0.3, -0.25) is 4.98 Å². The number of benzene rings is 1. The monoisotopic (exact) mass is 340 g/mol. The largest absolute Gasteiger partial charge is 0.306 e. The second-order valence-corrected chi connectivity index (χ2v) is 5.41. The topological polar surface area (TPSA) is 24.9 Å². The number of hydrogen-bond acceptors (Lipinski definition) is 2. The second-order valence-electron chi connectivity index (χ2n) is 4.49. The van der Waals surface area contributed by atoms with Crippen LogP contribution in [0.15, 0.2) is 41.1 Å². The molecule has 0 bridgehead atoms. The van der Waals surface area contributed by atoms with E-state index >= 15 is 0 Å². The lowest BCUT2D eigenvalue weighted by Gasteiger charge is -2.20. The zero-order chi connectivity index (χ0) is 14.5. The lowest BCUT2D eigenvalue weighted by Crippen LogP contribution is -2.24. The minimum Gasteiger partial charge on any atom is -0.306 e. The first-order valence-electron chi connectivity index (χ1n) is 6.40. The summed E-state index contributed by atoms with van der Waals surface area (Å²) in [7, 11) is 0. The molecule has 20 heavy (non-hydrogen) atoms. The maximum Gasteiger partial charge on any atom is 0.131 e. The summed E-state index contributed by atoms with van der Waals surface area (Å²) in [4.78, 5) is 4.10. The van der Waals surface area contributed by atoms with Crippen LogP contribution in [-0.4, -0.2) is 11.5 Å². The predicted octanol–water partition coefficient (Wildman–Crippen LogP) is 4.21. The van der Waals surface area contributed by atoms with Gasteiger partial charge in [-0.1, -0.05) is 13.0 Å². The molecule has 0 saturated heterocycles. The summed E-state index contributed by atoms with van der Waals surface area (Å²) in [5.74, 6) is -1.13. The fourth-order valence-corrected chi connectivity index (χ4v) is 2.40. The molecule has 5 heteroatoms. The van der Waals surface area contributed by atoms with E-state index in [4.69, 9.17) is 0 Å². The normalized spacial score (nSPS) is 12.4. The highest BCUT2D eigenvalue weighted by Gasteiger charge is 2.18. The molecule has 2 rings (SSSR count). The zero-order valence-electron chi connectivity index (χ0n) is 11.0. The summed E-state index contributed by atoms with van der Waals surface area (Å²) in [5.41, 5.74) is 1.25. The molecule has 1 N–H and O–H groups in total. The summed E-state index contributed by atoms with van der Waals surface area (Å²) in [6, 6.07) is 5.17.